The van der Waals surface area contributed by atoms with E-state index in [-0.39, 0.29) is 12.5 Å². The van der Waals surface area contributed by atoms with Crippen molar-refractivity contribution in [3.8, 4) is 11.5 Å². The lowest BCUT2D eigenvalue weighted by atomic mass is 10.0. The molecular weight excluding hydrogens is 378 g/mol. The number of ether oxygens (including phenoxy) is 2. The molecule has 0 aliphatic rings. The molecule has 0 aliphatic heterocycles. The normalized spacial score (nSPS) is 11.1. The number of benzene rings is 3. The Hall–Kier alpha value is -3.93. The average molecular weight is 399 g/mol. The molecule has 0 saturated carbocycles. The molecule has 0 aliphatic carbocycles. The van der Waals surface area contributed by atoms with Crippen LogP contribution in [-0.4, -0.2) is 30.3 Å². The highest BCUT2D eigenvalue weighted by atomic mass is 16.5. The van der Waals surface area contributed by atoms with Crippen molar-refractivity contribution in [2.24, 2.45) is 5.10 Å². The molecule has 0 spiro atoms. The lowest BCUT2D eigenvalue weighted by molar-refractivity contribution is -0.123. The van der Waals surface area contributed by atoms with Gasteiger partial charge in [0.25, 0.3) is 5.91 Å². The third-order valence-corrected chi connectivity index (χ3v) is 4.56. The number of amides is 1. The molecule has 1 aromatic heterocycles. The van der Waals surface area contributed by atoms with Crippen molar-refractivity contribution in [3.63, 3.8) is 0 Å². The minimum absolute atomic E-state index is 0.156. The van der Waals surface area contributed by atoms with Crippen LogP contribution in [0.3, 0.4) is 0 Å². The smallest absolute Gasteiger partial charge is 0.277 e. The second-order valence-corrected chi connectivity index (χ2v) is 6.54. The van der Waals surface area contributed by atoms with Crippen molar-refractivity contribution < 1.29 is 14.3 Å². The first-order valence-corrected chi connectivity index (χ1v) is 9.69. The molecule has 0 bridgehead atoms. The molecule has 4 rings (SSSR count). The first kappa shape index (κ1) is 19.4. The van der Waals surface area contributed by atoms with Crippen LogP contribution in [0, 0.1) is 0 Å². The molecule has 30 heavy (non-hydrogen) atoms. The molecule has 1 amide bonds. The predicted octanol–water partition coefficient (Wildman–Crippen LogP) is 4.32. The van der Waals surface area contributed by atoms with Crippen LogP contribution >= 0.6 is 0 Å². The van der Waals surface area contributed by atoms with Gasteiger partial charge in [-0.3, -0.25) is 9.78 Å². The fourth-order valence-electron chi connectivity index (χ4n) is 3.23. The summed E-state index contributed by atoms with van der Waals surface area (Å²) >= 11 is 0. The van der Waals surface area contributed by atoms with Crippen LogP contribution in [0.25, 0.3) is 21.7 Å². The first-order chi connectivity index (χ1) is 14.8. The lowest BCUT2D eigenvalue weighted by Crippen LogP contribution is -2.24. The number of rotatable bonds is 7. The Morgan fingerprint density at radius 3 is 2.67 bits per heavy atom. The molecule has 1 heterocycles. The Morgan fingerprint density at radius 1 is 0.967 bits per heavy atom. The predicted molar refractivity (Wildman–Crippen MR) is 118 cm³/mol. The molecule has 0 atom stereocenters. The number of hydrazone groups is 1. The molecule has 0 radical (unpaired) electrons. The van der Waals surface area contributed by atoms with Gasteiger partial charge < -0.3 is 9.47 Å². The van der Waals surface area contributed by atoms with Gasteiger partial charge in [-0.2, -0.15) is 5.10 Å². The monoisotopic (exact) mass is 399 g/mol. The van der Waals surface area contributed by atoms with Gasteiger partial charge in [-0.25, -0.2) is 5.43 Å². The molecular formula is C24H21N3O3. The Bertz CT molecular complexity index is 1220. The van der Waals surface area contributed by atoms with E-state index in [4.69, 9.17) is 9.47 Å². The summed E-state index contributed by atoms with van der Waals surface area (Å²) in [6, 6.07) is 21.2. The highest BCUT2D eigenvalue weighted by molar-refractivity contribution is 6.02. The molecule has 0 unspecified atom stereocenters. The summed E-state index contributed by atoms with van der Waals surface area (Å²) in [7, 11) is 0. The van der Waals surface area contributed by atoms with Gasteiger partial charge in [0.15, 0.2) is 6.61 Å². The maximum absolute atomic E-state index is 12.2. The largest absolute Gasteiger partial charge is 0.493 e. The average Bonchev–Trinajstić information content (AvgIpc) is 2.79. The van der Waals surface area contributed by atoms with Crippen molar-refractivity contribution in [3.05, 3.63) is 78.5 Å². The minimum Gasteiger partial charge on any atom is -0.493 e. The van der Waals surface area contributed by atoms with Crippen LogP contribution in [0.1, 0.15) is 12.5 Å². The summed E-state index contributed by atoms with van der Waals surface area (Å²) in [4.78, 5) is 16.5. The number of carbonyl (C=O) groups is 1. The molecule has 6 nitrogen and oxygen atoms in total. The molecule has 3 aromatic carbocycles. The van der Waals surface area contributed by atoms with E-state index >= 15 is 0 Å². The van der Waals surface area contributed by atoms with E-state index in [0.29, 0.717) is 12.4 Å². The third-order valence-electron chi connectivity index (χ3n) is 4.56. The highest BCUT2D eigenvalue weighted by Crippen LogP contribution is 2.28. The minimum atomic E-state index is -0.352. The van der Waals surface area contributed by atoms with Gasteiger partial charge in [-0.05, 0) is 36.6 Å². The fraction of sp³-hybridized carbons (Fsp3) is 0.125. The Balaban J connectivity index is 1.42. The Kier molecular flexibility index (Phi) is 5.85. The number of carbonyl (C=O) groups excluding carboxylic acids is 1. The van der Waals surface area contributed by atoms with E-state index in [1.165, 1.54) is 0 Å². The van der Waals surface area contributed by atoms with E-state index < -0.39 is 0 Å². The molecule has 6 heteroatoms. The molecule has 1 N–H and O–H groups in total. The van der Waals surface area contributed by atoms with Crippen LogP contribution in [0.5, 0.6) is 11.5 Å². The molecule has 0 saturated heterocycles. The van der Waals surface area contributed by atoms with E-state index in [1.54, 1.807) is 18.5 Å². The molecule has 150 valence electrons. The quantitative estimate of drug-likeness (QED) is 0.371. The fourth-order valence-corrected chi connectivity index (χ4v) is 3.23. The molecule has 4 aromatic rings. The second kappa shape index (κ2) is 9.05. The van der Waals surface area contributed by atoms with Crippen LogP contribution in [0.2, 0.25) is 0 Å². The zero-order valence-corrected chi connectivity index (χ0v) is 16.5. The third kappa shape index (κ3) is 4.22. The van der Waals surface area contributed by atoms with Crippen LogP contribution in [0.15, 0.2) is 78.0 Å². The Labute approximate surface area is 174 Å². The van der Waals surface area contributed by atoms with Crippen LogP contribution < -0.4 is 14.9 Å². The molecule has 0 fully saturated rings. The summed E-state index contributed by atoms with van der Waals surface area (Å²) in [6.45, 7) is 2.40. The number of fused-ring (bicyclic) bond motifs is 2. The Morgan fingerprint density at radius 2 is 1.80 bits per heavy atom. The van der Waals surface area contributed by atoms with Gasteiger partial charge in [-0.15, -0.1) is 0 Å². The van der Waals surface area contributed by atoms with E-state index in [0.717, 1.165) is 33.0 Å². The second-order valence-electron chi connectivity index (χ2n) is 6.54. The number of hydrogen-bond acceptors (Lipinski definition) is 5. The maximum Gasteiger partial charge on any atom is 0.277 e. The van der Waals surface area contributed by atoms with Gasteiger partial charge in [0.05, 0.1) is 12.8 Å². The van der Waals surface area contributed by atoms with Crippen molar-refractivity contribution in [2.75, 3.05) is 13.2 Å². The number of aromatic nitrogens is 1. The summed E-state index contributed by atoms with van der Waals surface area (Å²) in [5.74, 6) is 1.03. The number of pyridine rings is 1. The summed E-state index contributed by atoms with van der Waals surface area (Å²) in [5.41, 5.74) is 4.11. The SMILES string of the molecule is CCOc1ccc(/C=N/NC(=O)COc2cccc3cccnc23)c2ccccc12. The first-order valence-electron chi connectivity index (χ1n) is 9.69. The lowest BCUT2D eigenvalue weighted by Gasteiger charge is -2.09. The summed E-state index contributed by atoms with van der Waals surface area (Å²) in [6.07, 6.45) is 3.32. The summed E-state index contributed by atoms with van der Waals surface area (Å²) < 4.78 is 11.3. The van der Waals surface area contributed by atoms with Crippen LogP contribution in [0.4, 0.5) is 0 Å². The summed E-state index contributed by atoms with van der Waals surface area (Å²) in [5, 5.41) is 7.04. The van der Waals surface area contributed by atoms with Gasteiger partial charge >= 0.3 is 0 Å². The number of para-hydroxylation sites is 1. The number of nitrogens with one attached hydrogen (secondary N) is 1. The number of hydrogen-bond donors (Lipinski definition) is 1. The van der Waals surface area contributed by atoms with Gasteiger partial charge in [0.2, 0.25) is 0 Å². The maximum atomic E-state index is 12.2. The highest BCUT2D eigenvalue weighted by Gasteiger charge is 2.07. The van der Waals surface area contributed by atoms with Gasteiger partial charge in [-0.1, -0.05) is 42.5 Å². The van der Waals surface area contributed by atoms with Crippen molar-refractivity contribution >= 4 is 33.8 Å². The van der Waals surface area contributed by atoms with Crippen molar-refractivity contribution in [1.29, 1.82) is 0 Å². The van der Waals surface area contributed by atoms with Gasteiger partial charge in [0, 0.05) is 22.5 Å². The topological polar surface area (TPSA) is 72.8 Å². The van der Waals surface area contributed by atoms with Gasteiger partial charge in [0.1, 0.15) is 17.0 Å². The van der Waals surface area contributed by atoms with Crippen molar-refractivity contribution in [2.45, 2.75) is 6.92 Å². The van der Waals surface area contributed by atoms with Crippen LogP contribution in [-0.2, 0) is 4.79 Å². The zero-order chi connectivity index (χ0) is 20.8. The van der Waals surface area contributed by atoms with E-state index in [9.17, 15) is 4.79 Å². The number of nitrogens with zero attached hydrogens (tertiary/aromatic N) is 2. The zero-order valence-electron chi connectivity index (χ0n) is 16.5. The van der Waals surface area contributed by atoms with E-state index in [1.807, 2.05) is 67.6 Å². The van der Waals surface area contributed by atoms with Crippen molar-refractivity contribution in [1.82, 2.24) is 10.4 Å². The standard InChI is InChI=1S/C24H21N3O3/c1-2-29-21-13-12-18(19-9-3-4-10-20(19)21)15-26-27-23(28)16-30-22-11-5-7-17-8-6-14-25-24(17)22/h3-15H,2,16H2,1H3,(H,27,28)/b26-15+. The van der Waals surface area contributed by atoms with E-state index in [2.05, 4.69) is 15.5 Å².